The minimum absolute atomic E-state index is 0.151. The standard InChI is InChI=1S/C4H5ClNO/c5-3-1-2-6-4(3)7/h3H,1-2H2. The van der Waals surface area contributed by atoms with Crippen LogP contribution in [0.5, 0.6) is 0 Å². The molecule has 7 heavy (non-hydrogen) atoms. The summed E-state index contributed by atoms with van der Waals surface area (Å²) in [4.78, 5) is 10.3. The number of rotatable bonds is 0. The highest BCUT2D eigenvalue weighted by molar-refractivity contribution is 6.31. The molecule has 0 bridgehead atoms. The molecule has 0 aromatic heterocycles. The van der Waals surface area contributed by atoms with Crippen LogP contribution in [0.15, 0.2) is 0 Å². The highest BCUT2D eigenvalue weighted by Gasteiger charge is 2.22. The second kappa shape index (κ2) is 1.70. The second-order valence-electron chi connectivity index (χ2n) is 1.48. The highest BCUT2D eigenvalue weighted by Crippen LogP contribution is 2.07. The van der Waals surface area contributed by atoms with E-state index in [-0.39, 0.29) is 11.3 Å². The summed E-state index contributed by atoms with van der Waals surface area (Å²) in [6, 6.07) is 0. The lowest BCUT2D eigenvalue weighted by Gasteiger charge is -1.85. The van der Waals surface area contributed by atoms with Crippen LogP contribution in [-0.2, 0) is 4.79 Å². The number of halogens is 1. The lowest BCUT2D eigenvalue weighted by molar-refractivity contribution is -0.119. The van der Waals surface area contributed by atoms with Crippen LogP contribution < -0.4 is 5.32 Å². The summed E-state index contributed by atoms with van der Waals surface area (Å²) < 4.78 is 0. The average Bonchev–Trinajstić information content (AvgIpc) is 1.91. The first kappa shape index (κ1) is 4.91. The van der Waals surface area contributed by atoms with Crippen molar-refractivity contribution < 1.29 is 4.79 Å². The molecule has 0 saturated carbocycles. The first-order valence-corrected chi connectivity index (χ1v) is 2.60. The Kier molecular flexibility index (Phi) is 1.19. The number of carbonyl (C=O) groups excluding carboxylic acids is 1. The summed E-state index contributed by atoms with van der Waals surface area (Å²) in [5, 5.41) is 3.23. The molecule has 1 radical (unpaired) electrons. The van der Waals surface area contributed by atoms with Crippen LogP contribution in [0.25, 0.3) is 0 Å². The summed E-state index contributed by atoms with van der Waals surface area (Å²) in [6.07, 6.45) is 0.723. The zero-order valence-corrected chi connectivity index (χ0v) is 4.48. The van der Waals surface area contributed by atoms with E-state index in [2.05, 4.69) is 5.32 Å². The van der Waals surface area contributed by atoms with Crippen LogP contribution in [-0.4, -0.2) is 17.8 Å². The Bertz CT molecular complexity index is 93.7. The summed E-state index contributed by atoms with van der Waals surface area (Å²) >= 11 is 5.42. The average molecular weight is 119 g/mol. The van der Waals surface area contributed by atoms with Gasteiger partial charge < -0.3 is 0 Å². The smallest absolute Gasteiger partial charge is 0.259 e. The molecule has 2 nitrogen and oxygen atoms in total. The quantitative estimate of drug-likeness (QED) is 0.416. The number of carbonyl (C=O) groups is 1. The first-order valence-electron chi connectivity index (χ1n) is 2.16. The molecule has 1 aliphatic heterocycles. The predicted molar refractivity (Wildman–Crippen MR) is 26.3 cm³/mol. The molecule has 0 N–H and O–H groups in total. The molecule has 0 spiro atoms. The van der Waals surface area contributed by atoms with Gasteiger partial charge in [0, 0.05) is 6.54 Å². The van der Waals surface area contributed by atoms with Crippen molar-refractivity contribution in [1.29, 1.82) is 0 Å². The summed E-state index contributed by atoms with van der Waals surface area (Å²) in [5.41, 5.74) is 0. The minimum atomic E-state index is -0.319. The van der Waals surface area contributed by atoms with Gasteiger partial charge in [-0.15, -0.1) is 11.6 Å². The van der Waals surface area contributed by atoms with E-state index in [0.29, 0.717) is 6.54 Å². The Morgan fingerprint density at radius 1 is 1.86 bits per heavy atom. The number of hydrogen-bond acceptors (Lipinski definition) is 1. The highest BCUT2D eigenvalue weighted by atomic mass is 35.5. The largest absolute Gasteiger partial charge is 0.271 e. The maximum atomic E-state index is 10.3. The second-order valence-corrected chi connectivity index (χ2v) is 2.00. The van der Waals surface area contributed by atoms with Crippen molar-refractivity contribution in [3.05, 3.63) is 0 Å². The van der Waals surface area contributed by atoms with Gasteiger partial charge in [0.2, 0.25) is 0 Å². The van der Waals surface area contributed by atoms with Crippen molar-refractivity contribution >= 4 is 17.5 Å². The number of nitrogens with zero attached hydrogens (tertiary/aromatic N) is 1. The molecule has 1 aliphatic rings. The van der Waals surface area contributed by atoms with E-state index in [1.54, 1.807) is 0 Å². The lowest BCUT2D eigenvalue weighted by atomic mass is 10.4. The molecule has 1 amide bonds. The monoisotopic (exact) mass is 118 g/mol. The third-order valence-electron chi connectivity index (χ3n) is 0.918. The summed E-state index contributed by atoms with van der Waals surface area (Å²) in [5.74, 6) is -0.151. The van der Waals surface area contributed by atoms with Crippen LogP contribution in [0.1, 0.15) is 6.42 Å². The Hall–Kier alpha value is -0.240. The molecule has 1 fully saturated rings. The first-order chi connectivity index (χ1) is 3.30. The van der Waals surface area contributed by atoms with E-state index >= 15 is 0 Å². The fourth-order valence-corrected chi connectivity index (χ4v) is 0.677. The fourth-order valence-electron chi connectivity index (χ4n) is 0.511. The van der Waals surface area contributed by atoms with Gasteiger partial charge in [0.1, 0.15) is 5.38 Å². The van der Waals surface area contributed by atoms with Gasteiger partial charge in [-0.1, -0.05) is 0 Å². The van der Waals surface area contributed by atoms with Crippen LogP contribution in [0.2, 0.25) is 0 Å². The van der Waals surface area contributed by atoms with E-state index in [0.717, 1.165) is 6.42 Å². The van der Waals surface area contributed by atoms with Crippen LogP contribution >= 0.6 is 11.6 Å². The Morgan fingerprint density at radius 2 is 2.57 bits per heavy atom. The molecular formula is C4H5ClNO. The van der Waals surface area contributed by atoms with Crippen molar-refractivity contribution in [2.75, 3.05) is 6.54 Å². The van der Waals surface area contributed by atoms with Crippen molar-refractivity contribution in [2.45, 2.75) is 11.8 Å². The number of hydrogen-bond donors (Lipinski definition) is 0. The molecular weight excluding hydrogens is 114 g/mol. The molecule has 1 atom stereocenters. The number of alkyl halides is 1. The van der Waals surface area contributed by atoms with E-state index in [4.69, 9.17) is 11.6 Å². The summed E-state index contributed by atoms with van der Waals surface area (Å²) in [6.45, 7) is 0.618. The van der Waals surface area contributed by atoms with Gasteiger partial charge in [0.05, 0.1) is 0 Å². The van der Waals surface area contributed by atoms with Crippen LogP contribution in [0.4, 0.5) is 0 Å². The molecule has 0 aliphatic carbocycles. The molecule has 1 saturated heterocycles. The molecule has 1 heterocycles. The van der Waals surface area contributed by atoms with Crippen LogP contribution in [0, 0.1) is 0 Å². The van der Waals surface area contributed by atoms with Crippen LogP contribution in [0.3, 0.4) is 0 Å². The van der Waals surface area contributed by atoms with E-state index in [9.17, 15) is 4.79 Å². The Balaban J connectivity index is 2.48. The van der Waals surface area contributed by atoms with Gasteiger partial charge in [-0.25, -0.2) is 0 Å². The van der Waals surface area contributed by atoms with Gasteiger partial charge in [0.15, 0.2) is 0 Å². The summed E-state index contributed by atoms with van der Waals surface area (Å²) in [7, 11) is 0. The predicted octanol–water partition coefficient (Wildman–Crippen LogP) is 0.129. The van der Waals surface area contributed by atoms with E-state index in [1.165, 1.54) is 0 Å². The SMILES string of the molecule is O=C1[N]CCC1Cl. The Labute approximate surface area is 46.8 Å². The van der Waals surface area contributed by atoms with E-state index < -0.39 is 0 Å². The normalized spacial score (nSPS) is 30.4. The number of amides is 1. The molecule has 0 aromatic carbocycles. The fraction of sp³-hybridized carbons (Fsp3) is 0.750. The molecule has 0 aromatic rings. The van der Waals surface area contributed by atoms with Crippen molar-refractivity contribution in [3.8, 4) is 0 Å². The van der Waals surface area contributed by atoms with Gasteiger partial charge >= 0.3 is 0 Å². The van der Waals surface area contributed by atoms with Crippen molar-refractivity contribution in [2.24, 2.45) is 0 Å². The van der Waals surface area contributed by atoms with Gasteiger partial charge in [0.25, 0.3) is 5.91 Å². The van der Waals surface area contributed by atoms with E-state index in [1.807, 2.05) is 0 Å². The molecule has 39 valence electrons. The maximum absolute atomic E-state index is 10.3. The third kappa shape index (κ3) is 0.855. The van der Waals surface area contributed by atoms with Crippen molar-refractivity contribution in [1.82, 2.24) is 5.32 Å². The zero-order valence-electron chi connectivity index (χ0n) is 3.72. The van der Waals surface area contributed by atoms with Crippen molar-refractivity contribution in [3.63, 3.8) is 0 Å². The molecule has 1 rings (SSSR count). The van der Waals surface area contributed by atoms with Gasteiger partial charge in [-0.2, -0.15) is 0 Å². The third-order valence-corrected chi connectivity index (χ3v) is 1.32. The molecule has 1 unspecified atom stereocenters. The topological polar surface area (TPSA) is 31.2 Å². The van der Waals surface area contributed by atoms with Gasteiger partial charge in [-0.05, 0) is 6.42 Å². The zero-order chi connectivity index (χ0) is 5.28. The van der Waals surface area contributed by atoms with Gasteiger partial charge in [-0.3, -0.25) is 10.1 Å². The lowest BCUT2D eigenvalue weighted by Crippen LogP contribution is -2.11. The minimum Gasteiger partial charge on any atom is -0.271 e. The maximum Gasteiger partial charge on any atom is 0.259 e. The molecule has 3 heteroatoms. The Morgan fingerprint density at radius 3 is 2.71 bits per heavy atom.